The molecule has 2 aromatic heterocycles. The van der Waals surface area contributed by atoms with E-state index in [1.807, 2.05) is 13.8 Å². The summed E-state index contributed by atoms with van der Waals surface area (Å²) < 4.78 is 7.88. The molecule has 1 atom stereocenters. The highest BCUT2D eigenvalue weighted by molar-refractivity contribution is 6.16. The van der Waals surface area contributed by atoms with Crippen LogP contribution in [0.1, 0.15) is 41.4 Å². The molecule has 3 aromatic rings. The zero-order valence-corrected chi connectivity index (χ0v) is 13.5. The Kier molecular flexibility index (Phi) is 3.54. The fraction of sp³-hybridized carbons (Fsp3) is 0.353. The average Bonchev–Trinajstić information content (AvgIpc) is 2.97. The van der Waals surface area contributed by atoms with Gasteiger partial charge in [-0.25, -0.2) is 4.98 Å². The van der Waals surface area contributed by atoms with Gasteiger partial charge in [0.05, 0.1) is 23.0 Å². The van der Waals surface area contributed by atoms with Crippen LogP contribution in [-0.2, 0) is 5.88 Å². The van der Waals surface area contributed by atoms with Crippen molar-refractivity contribution in [2.24, 2.45) is 0 Å². The van der Waals surface area contributed by atoms with Gasteiger partial charge in [0.1, 0.15) is 17.3 Å². The van der Waals surface area contributed by atoms with Crippen molar-refractivity contribution in [2.45, 2.75) is 39.6 Å². The largest absolute Gasteiger partial charge is 0.466 e. The van der Waals surface area contributed by atoms with Crippen molar-refractivity contribution in [3.8, 4) is 0 Å². The molecule has 0 N–H and O–H groups in total. The molecule has 0 amide bonds. The Balaban J connectivity index is 2.20. The van der Waals surface area contributed by atoms with Gasteiger partial charge < -0.3 is 8.98 Å². The molecule has 110 valence electrons. The monoisotopic (exact) mass is 302 g/mol. The summed E-state index contributed by atoms with van der Waals surface area (Å²) >= 11 is 6.11. The van der Waals surface area contributed by atoms with Crippen molar-refractivity contribution in [1.29, 1.82) is 0 Å². The minimum atomic E-state index is 0.143. The summed E-state index contributed by atoms with van der Waals surface area (Å²) in [5.74, 6) is 3.17. The number of aryl methyl sites for hydroxylation is 3. The fourth-order valence-corrected chi connectivity index (χ4v) is 3.18. The maximum Gasteiger partial charge on any atom is 0.125 e. The SMILES string of the molecule is Cc1ccc2c(c1)nc(CCl)n2C(C)c1cc(C)oc1C. The van der Waals surface area contributed by atoms with Crippen molar-refractivity contribution in [1.82, 2.24) is 9.55 Å². The number of fused-ring (bicyclic) bond motifs is 1. The predicted octanol–water partition coefficient (Wildman–Crippen LogP) is 4.90. The zero-order valence-electron chi connectivity index (χ0n) is 12.8. The Labute approximate surface area is 129 Å². The van der Waals surface area contributed by atoms with Crippen LogP contribution in [0.25, 0.3) is 11.0 Å². The van der Waals surface area contributed by atoms with Gasteiger partial charge in [0, 0.05) is 5.56 Å². The number of alkyl halides is 1. The summed E-state index contributed by atoms with van der Waals surface area (Å²) in [7, 11) is 0. The Morgan fingerprint density at radius 1 is 1.24 bits per heavy atom. The Hall–Kier alpha value is -1.74. The lowest BCUT2D eigenvalue weighted by Crippen LogP contribution is -2.10. The van der Waals surface area contributed by atoms with Gasteiger partial charge in [-0.3, -0.25) is 0 Å². The van der Waals surface area contributed by atoms with Crippen molar-refractivity contribution in [2.75, 3.05) is 0 Å². The van der Waals surface area contributed by atoms with E-state index in [0.29, 0.717) is 5.88 Å². The molecule has 0 saturated heterocycles. The van der Waals surface area contributed by atoms with Crippen LogP contribution in [0.5, 0.6) is 0 Å². The highest BCUT2D eigenvalue weighted by atomic mass is 35.5. The summed E-state index contributed by atoms with van der Waals surface area (Å²) in [5.41, 5.74) is 4.49. The second-order valence-corrected chi connectivity index (χ2v) is 5.84. The topological polar surface area (TPSA) is 31.0 Å². The summed E-state index contributed by atoms with van der Waals surface area (Å²) in [6.07, 6.45) is 0. The molecular weight excluding hydrogens is 284 g/mol. The van der Waals surface area contributed by atoms with Gasteiger partial charge in [-0.2, -0.15) is 0 Å². The molecule has 3 rings (SSSR count). The van der Waals surface area contributed by atoms with Crippen molar-refractivity contribution in [3.63, 3.8) is 0 Å². The molecular formula is C17H19ClN2O. The maximum atomic E-state index is 6.11. The van der Waals surface area contributed by atoms with Gasteiger partial charge in [0.25, 0.3) is 0 Å². The number of rotatable bonds is 3. The highest BCUT2D eigenvalue weighted by Gasteiger charge is 2.20. The van der Waals surface area contributed by atoms with Crippen LogP contribution in [0.3, 0.4) is 0 Å². The van der Waals surface area contributed by atoms with Crippen LogP contribution in [0.2, 0.25) is 0 Å². The zero-order chi connectivity index (χ0) is 15.1. The molecule has 0 aliphatic heterocycles. The van der Waals surface area contributed by atoms with E-state index in [0.717, 1.165) is 28.4 Å². The molecule has 21 heavy (non-hydrogen) atoms. The van der Waals surface area contributed by atoms with Crippen LogP contribution < -0.4 is 0 Å². The van der Waals surface area contributed by atoms with E-state index < -0.39 is 0 Å². The first-order valence-corrected chi connectivity index (χ1v) is 7.65. The van der Waals surface area contributed by atoms with Gasteiger partial charge >= 0.3 is 0 Å². The molecule has 4 heteroatoms. The van der Waals surface area contributed by atoms with Gasteiger partial charge in [0.15, 0.2) is 0 Å². The highest BCUT2D eigenvalue weighted by Crippen LogP contribution is 2.30. The summed E-state index contributed by atoms with van der Waals surface area (Å²) in [5, 5.41) is 0. The van der Waals surface area contributed by atoms with Gasteiger partial charge in [-0.05, 0) is 51.5 Å². The molecule has 0 aliphatic carbocycles. The van der Waals surface area contributed by atoms with Crippen LogP contribution >= 0.6 is 11.6 Å². The molecule has 2 heterocycles. The molecule has 0 fully saturated rings. The molecule has 1 unspecified atom stereocenters. The number of halogens is 1. The smallest absolute Gasteiger partial charge is 0.125 e. The first kappa shape index (κ1) is 14.2. The third kappa shape index (κ3) is 2.36. The molecule has 3 nitrogen and oxygen atoms in total. The summed E-state index contributed by atoms with van der Waals surface area (Å²) in [6.45, 7) is 8.21. The van der Waals surface area contributed by atoms with Crippen LogP contribution in [0, 0.1) is 20.8 Å². The lowest BCUT2D eigenvalue weighted by atomic mass is 10.1. The number of hydrogen-bond acceptors (Lipinski definition) is 2. The molecule has 0 bridgehead atoms. The van der Waals surface area contributed by atoms with Gasteiger partial charge in [-0.1, -0.05) is 6.07 Å². The van der Waals surface area contributed by atoms with Crippen molar-refractivity contribution in [3.05, 3.63) is 52.7 Å². The maximum absolute atomic E-state index is 6.11. The van der Waals surface area contributed by atoms with Crippen LogP contribution in [0.15, 0.2) is 28.7 Å². The quantitative estimate of drug-likeness (QED) is 0.644. The second-order valence-electron chi connectivity index (χ2n) is 5.57. The lowest BCUT2D eigenvalue weighted by Gasteiger charge is -2.16. The number of hydrogen-bond donors (Lipinski definition) is 0. The standard InChI is InChI=1S/C17H19ClN2O/c1-10-5-6-16-15(7-10)19-17(9-18)20(16)12(3)14-8-11(2)21-13(14)4/h5-8,12H,9H2,1-4H3. The number of imidazole rings is 1. The first-order valence-electron chi connectivity index (χ1n) is 7.11. The Morgan fingerprint density at radius 3 is 2.62 bits per heavy atom. The average molecular weight is 303 g/mol. The molecule has 0 aliphatic rings. The minimum absolute atomic E-state index is 0.143. The molecule has 0 saturated carbocycles. The summed E-state index contributed by atoms with van der Waals surface area (Å²) in [4.78, 5) is 4.68. The molecule has 0 spiro atoms. The van der Waals surface area contributed by atoms with Crippen LogP contribution in [-0.4, -0.2) is 9.55 Å². The van der Waals surface area contributed by atoms with E-state index in [1.54, 1.807) is 0 Å². The van der Waals surface area contributed by atoms with E-state index in [2.05, 4.69) is 47.7 Å². The van der Waals surface area contributed by atoms with E-state index >= 15 is 0 Å². The van der Waals surface area contributed by atoms with Gasteiger partial charge in [-0.15, -0.1) is 11.6 Å². The number of nitrogens with zero attached hydrogens (tertiary/aromatic N) is 2. The number of benzene rings is 1. The van der Waals surface area contributed by atoms with Crippen molar-refractivity contribution >= 4 is 22.6 Å². The van der Waals surface area contributed by atoms with E-state index in [4.69, 9.17) is 16.0 Å². The first-order chi connectivity index (χ1) is 10.0. The van der Waals surface area contributed by atoms with Crippen molar-refractivity contribution < 1.29 is 4.42 Å². The van der Waals surface area contributed by atoms with E-state index in [9.17, 15) is 0 Å². The van der Waals surface area contributed by atoms with E-state index in [1.165, 1.54) is 11.1 Å². The summed E-state index contributed by atoms with van der Waals surface area (Å²) in [6, 6.07) is 8.56. The third-order valence-corrected chi connectivity index (χ3v) is 4.19. The minimum Gasteiger partial charge on any atom is -0.466 e. The van der Waals surface area contributed by atoms with Crippen LogP contribution in [0.4, 0.5) is 0 Å². The van der Waals surface area contributed by atoms with Gasteiger partial charge in [0.2, 0.25) is 0 Å². The molecule has 0 radical (unpaired) electrons. The third-order valence-electron chi connectivity index (χ3n) is 3.95. The lowest BCUT2D eigenvalue weighted by molar-refractivity contribution is 0.494. The second kappa shape index (κ2) is 5.23. The Morgan fingerprint density at radius 2 is 2.00 bits per heavy atom. The predicted molar refractivity (Wildman–Crippen MR) is 86.0 cm³/mol. The van der Waals surface area contributed by atoms with E-state index in [-0.39, 0.29) is 6.04 Å². The molecule has 1 aromatic carbocycles. The normalized spacial score (nSPS) is 13.0. The Bertz CT molecular complexity index is 801. The number of furan rings is 1. The fourth-order valence-electron chi connectivity index (χ4n) is 2.99. The number of aromatic nitrogens is 2.